The molecule has 1 amide bonds. The fourth-order valence-corrected chi connectivity index (χ4v) is 2.20. The summed E-state index contributed by atoms with van der Waals surface area (Å²) in [5, 5.41) is 10.1. The lowest BCUT2D eigenvalue weighted by Crippen LogP contribution is -2.46. The van der Waals surface area contributed by atoms with Crippen LogP contribution in [-0.2, 0) is 19.9 Å². The summed E-state index contributed by atoms with van der Waals surface area (Å²) in [7, 11) is 0. The molecular formula is C13H15NO4. The van der Waals surface area contributed by atoms with Gasteiger partial charge in [0, 0.05) is 12.2 Å². The van der Waals surface area contributed by atoms with Crippen molar-refractivity contribution in [3.05, 3.63) is 29.8 Å². The van der Waals surface area contributed by atoms with Gasteiger partial charge >= 0.3 is 0 Å². The van der Waals surface area contributed by atoms with Gasteiger partial charge in [-0.15, -0.1) is 0 Å². The predicted octanol–water partition coefficient (Wildman–Crippen LogP) is 0.268. The number of anilines is 1. The van der Waals surface area contributed by atoms with Crippen LogP contribution in [0.3, 0.4) is 0 Å². The molecule has 0 atom stereocenters. The summed E-state index contributed by atoms with van der Waals surface area (Å²) in [6.07, 6.45) is 0. The van der Waals surface area contributed by atoms with E-state index < -0.39 is 5.60 Å². The molecule has 0 saturated carbocycles. The van der Waals surface area contributed by atoms with E-state index in [0.29, 0.717) is 26.4 Å². The SMILES string of the molecule is O=C1COCCN1c1ccc(C2(O)COC2)cc1. The summed E-state index contributed by atoms with van der Waals surface area (Å²) >= 11 is 0. The van der Waals surface area contributed by atoms with Gasteiger partial charge in [-0.05, 0) is 17.7 Å². The van der Waals surface area contributed by atoms with E-state index in [4.69, 9.17) is 9.47 Å². The van der Waals surface area contributed by atoms with E-state index >= 15 is 0 Å². The lowest BCUT2D eigenvalue weighted by molar-refractivity contribution is -0.184. The second-order valence-electron chi connectivity index (χ2n) is 4.67. The van der Waals surface area contributed by atoms with Gasteiger partial charge in [-0.1, -0.05) is 12.1 Å². The smallest absolute Gasteiger partial charge is 0.253 e. The van der Waals surface area contributed by atoms with Crippen LogP contribution in [-0.4, -0.2) is 44.0 Å². The summed E-state index contributed by atoms with van der Waals surface area (Å²) in [5.74, 6) is -0.0281. The van der Waals surface area contributed by atoms with Crippen LogP contribution in [0, 0.1) is 0 Å². The van der Waals surface area contributed by atoms with Crippen molar-refractivity contribution in [3.63, 3.8) is 0 Å². The third-order valence-electron chi connectivity index (χ3n) is 3.38. The van der Waals surface area contributed by atoms with Crippen molar-refractivity contribution in [2.45, 2.75) is 5.60 Å². The van der Waals surface area contributed by atoms with Gasteiger partial charge in [-0.25, -0.2) is 0 Å². The maximum atomic E-state index is 11.7. The van der Waals surface area contributed by atoms with Crippen LogP contribution in [0.1, 0.15) is 5.56 Å². The lowest BCUT2D eigenvalue weighted by atomic mass is 9.92. The molecule has 2 aliphatic rings. The highest BCUT2D eigenvalue weighted by atomic mass is 16.5. The fourth-order valence-electron chi connectivity index (χ4n) is 2.20. The van der Waals surface area contributed by atoms with E-state index in [0.717, 1.165) is 11.3 Å². The molecule has 2 saturated heterocycles. The molecule has 0 aliphatic carbocycles. The van der Waals surface area contributed by atoms with Crippen LogP contribution in [0.25, 0.3) is 0 Å². The second kappa shape index (κ2) is 4.35. The van der Waals surface area contributed by atoms with E-state index in [2.05, 4.69) is 0 Å². The minimum absolute atomic E-state index is 0.0281. The number of amides is 1. The molecule has 2 heterocycles. The van der Waals surface area contributed by atoms with Gasteiger partial charge in [0.15, 0.2) is 0 Å². The van der Waals surface area contributed by atoms with Crippen LogP contribution in [0.5, 0.6) is 0 Å². The van der Waals surface area contributed by atoms with E-state index in [-0.39, 0.29) is 12.5 Å². The van der Waals surface area contributed by atoms with Gasteiger partial charge in [0.2, 0.25) is 0 Å². The van der Waals surface area contributed by atoms with Gasteiger partial charge in [-0.3, -0.25) is 4.79 Å². The Labute approximate surface area is 105 Å². The van der Waals surface area contributed by atoms with E-state index in [1.165, 1.54) is 0 Å². The second-order valence-corrected chi connectivity index (χ2v) is 4.67. The molecular weight excluding hydrogens is 234 g/mol. The van der Waals surface area contributed by atoms with Crippen molar-refractivity contribution in [2.24, 2.45) is 0 Å². The summed E-state index contributed by atoms with van der Waals surface area (Å²) in [6.45, 7) is 1.95. The van der Waals surface area contributed by atoms with Gasteiger partial charge in [0.1, 0.15) is 12.2 Å². The Bertz CT molecular complexity index is 453. The number of rotatable bonds is 2. The number of benzene rings is 1. The Morgan fingerprint density at radius 2 is 1.89 bits per heavy atom. The molecule has 2 fully saturated rings. The third kappa shape index (κ3) is 1.90. The molecule has 1 aromatic rings. The largest absolute Gasteiger partial charge is 0.380 e. The zero-order valence-corrected chi connectivity index (χ0v) is 9.96. The highest BCUT2D eigenvalue weighted by Gasteiger charge is 2.37. The molecule has 0 spiro atoms. The number of carbonyl (C=O) groups excluding carboxylic acids is 1. The van der Waals surface area contributed by atoms with Crippen molar-refractivity contribution >= 4 is 11.6 Å². The minimum Gasteiger partial charge on any atom is -0.380 e. The maximum Gasteiger partial charge on any atom is 0.253 e. The third-order valence-corrected chi connectivity index (χ3v) is 3.38. The molecule has 1 aromatic carbocycles. The first-order chi connectivity index (χ1) is 8.69. The standard InChI is InChI=1S/C13H15NO4/c15-12-7-17-6-5-14(12)11-3-1-10(2-4-11)13(16)8-18-9-13/h1-4,16H,5-9H2. The monoisotopic (exact) mass is 249 g/mol. The minimum atomic E-state index is -0.854. The number of carbonyl (C=O) groups is 1. The number of ether oxygens (including phenoxy) is 2. The van der Waals surface area contributed by atoms with Crippen LogP contribution in [0.2, 0.25) is 0 Å². The van der Waals surface area contributed by atoms with Crippen molar-refractivity contribution < 1.29 is 19.4 Å². The predicted molar refractivity (Wildman–Crippen MR) is 64.3 cm³/mol. The van der Waals surface area contributed by atoms with E-state index in [9.17, 15) is 9.90 Å². The molecule has 2 aliphatic heterocycles. The Morgan fingerprint density at radius 3 is 2.44 bits per heavy atom. The molecule has 96 valence electrons. The summed E-state index contributed by atoms with van der Waals surface area (Å²) in [4.78, 5) is 13.4. The fraction of sp³-hybridized carbons (Fsp3) is 0.462. The van der Waals surface area contributed by atoms with Gasteiger partial charge in [0.05, 0.1) is 19.8 Å². The summed E-state index contributed by atoms with van der Waals surface area (Å²) < 4.78 is 10.1. The van der Waals surface area contributed by atoms with Gasteiger partial charge in [0.25, 0.3) is 5.91 Å². The van der Waals surface area contributed by atoms with Gasteiger partial charge in [-0.2, -0.15) is 0 Å². The van der Waals surface area contributed by atoms with Crippen molar-refractivity contribution in [1.29, 1.82) is 0 Å². The lowest BCUT2D eigenvalue weighted by Gasteiger charge is -2.37. The molecule has 1 N–H and O–H groups in total. The first kappa shape index (κ1) is 11.6. The molecule has 5 nitrogen and oxygen atoms in total. The highest BCUT2D eigenvalue weighted by molar-refractivity contribution is 5.94. The topological polar surface area (TPSA) is 59.0 Å². The number of aliphatic hydroxyl groups is 1. The molecule has 0 radical (unpaired) electrons. The van der Waals surface area contributed by atoms with Crippen molar-refractivity contribution in [3.8, 4) is 0 Å². The van der Waals surface area contributed by atoms with Crippen LogP contribution >= 0.6 is 0 Å². The van der Waals surface area contributed by atoms with Gasteiger partial charge < -0.3 is 19.5 Å². The number of hydrogen-bond donors (Lipinski definition) is 1. The van der Waals surface area contributed by atoms with Crippen LogP contribution in [0.15, 0.2) is 24.3 Å². The average molecular weight is 249 g/mol. The number of hydrogen-bond acceptors (Lipinski definition) is 4. The van der Waals surface area contributed by atoms with Crippen LogP contribution < -0.4 is 4.90 Å². The van der Waals surface area contributed by atoms with E-state index in [1.807, 2.05) is 24.3 Å². The molecule has 0 aromatic heterocycles. The Kier molecular flexibility index (Phi) is 2.81. The normalized spacial score (nSPS) is 22.7. The average Bonchev–Trinajstić information content (AvgIpc) is 2.37. The Balaban J connectivity index is 1.80. The molecule has 0 bridgehead atoms. The zero-order chi connectivity index (χ0) is 12.6. The van der Waals surface area contributed by atoms with Crippen molar-refractivity contribution in [1.82, 2.24) is 0 Å². The molecule has 5 heteroatoms. The van der Waals surface area contributed by atoms with E-state index in [1.54, 1.807) is 4.90 Å². The van der Waals surface area contributed by atoms with Crippen LogP contribution in [0.4, 0.5) is 5.69 Å². The Morgan fingerprint density at radius 1 is 1.17 bits per heavy atom. The Hall–Kier alpha value is -1.43. The number of morpholine rings is 1. The summed E-state index contributed by atoms with van der Waals surface area (Å²) in [6, 6.07) is 7.41. The molecule has 0 unspecified atom stereocenters. The van der Waals surface area contributed by atoms with Crippen molar-refractivity contribution in [2.75, 3.05) is 37.9 Å². The number of nitrogens with zero attached hydrogens (tertiary/aromatic N) is 1. The first-order valence-corrected chi connectivity index (χ1v) is 5.98. The zero-order valence-electron chi connectivity index (χ0n) is 9.96. The summed E-state index contributed by atoms with van der Waals surface area (Å²) in [5.41, 5.74) is 0.821. The quantitative estimate of drug-likeness (QED) is 0.817. The maximum absolute atomic E-state index is 11.7. The highest BCUT2D eigenvalue weighted by Crippen LogP contribution is 2.30. The molecule has 18 heavy (non-hydrogen) atoms. The first-order valence-electron chi connectivity index (χ1n) is 5.98. The molecule has 3 rings (SSSR count).